The monoisotopic (exact) mass is 425 g/mol. The van der Waals surface area contributed by atoms with Gasteiger partial charge in [-0.05, 0) is 55.7 Å². The van der Waals surface area contributed by atoms with Crippen molar-refractivity contribution in [2.45, 2.75) is 58.2 Å². The highest BCUT2D eigenvalue weighted by Crippen LogP contribution is 2.48. The van der Waals surface area contributed by atoms with Gasteiger partial charge in [-0.3, -0.25) is 0 Å². The van der Waals surface area contributed by atoms with Gasteiger partial charge in [0.05, 0.1) is 17.9 Å². The molecule has 0 bridgehead atoms. The van der Waals surface area contributed by atoms with Gasteiger partial charge in [-0.25, -0.2) is 9.97 Å². The van der Waals surface area contributed by atoms with Crippen molar-refractivity contribution in [1.29, 1.82) is 5.26 Å². The van der Waals surface area contributed by atoms with Crippen LogP contribution in [0.1, 0.15) is 54.4 Å². The van der Waals surface area contributed by atoms with Crippen molar-refractivity contribution in [2.75, 3.05) is 18.0 Å². The third-order valence-corrected chi connectivity index (χ3v) is 6.83. The zero-order valence-corrected chi connectivity index (χ0v) is 18.4. The Balaban J connectivity index is 0.000000687. The molecule has 1 fully saturated rings. The van der Waals surface area contributed by atoms with E-state index in [1.807, 2.05) is 19.1 Å². The molecular weight excluding hydrogens is 398 g/mol. The smallest absolute Gasteiger partial charge is 0.173 e. The second kappa shape index (κ2) is 8.41. The fraction of sp³-hybridized carbons (Fsp3) is 0.522. The van der Waals surface area contributed by atoms with E-state index in [0.29, 0.717) is 12.5 Å². The number of fused-ring (bicyclic) bond motifs is 3. The van der Waals surface area contributed by atoms with Crippen molar-refractivity contribution in [3.05, 3.63) is 51.4 Å². The average Bonchev–Trinajstić information content (AvgIpc) is 3.07. The number of rotatable bonds is 1. The molecule has 5 rings (SSSR count). The van der Waals surface area contributed by atoms with Crippen LogP contribution < -0.4 is 10.6 Å². The molecule has 2 aliphatic heterocycles. The molecule has 2 atom stereocenters. The first kappa shape index (κ1) is 20.9. The summed E-state index contributed by atoms with van der Waals surface area (Å²) in [6.45, 7) is 7.08. The highest BCUT2D eigenvalue weighted by Gasteiger charge is 2.44. The number of ether oxygens (including phenoxy) is 1. The first-order valence-electron chi connectivity index (χ1n) is 10.6. The van der Waals surface area contributed by atoms with Gasteiger partial charge in [0, 0.05) is 30.1 Å². The molecule has 1 aromatic heterocycles. The van der Waals surface area contributed by atoms with Gasteiger partial charge in [0.1, 0.15) is 11.6 Å². The molecule has 1 aromatic carbocycles. The molecule has 0 amide bonds. The molecule has 0 saturated carbocycles. The van der Waals surface area contributed by atoms with Crippen molar-refractivity contribution in [3.8, 4) is 6.19 Å². The molecular formula is C23H28ClN5O. The van der Waals surface area contributed by atoms with E-state index in [1.54, 1.807) is 0 Å². The minimum absolute atomic E-state index is 0.277. The van der Waals surface area contributed by atoms with Gasteiger partial charge in [0.15, 0.2) is 6.19 Å². The largest absolute Gasteiger partial charge is 0.365 e. The van der Waals surface area contributed by atoms with Crippen LogP contribution in [0.3, 0.4) is 0 Å². The summed E-state index contributed by atoms with van der Waals surface area (Å²) in [6.07, 6.45) is 6.56. The molecule has 2 aromatic rings. The molecule has 30 heavy (non-hydrogen) atoms. The second-order valence-corrected chi connectivity index (χ2v) is 8.98. The van der Waals surface area contributed by atoms with Gasteiger partial charge in [0.25, 0.3) is 0 Å². The summed E-state index contributed by atoms with van der Waals surface area (Å²) >= 11 is 6.45. The quantitative estimate of drug-likeness (QED) is 0.548. The van der Waals surface area contributed by atoms with E-state index >= 15 is 0 Å². The summed E-state index contributed by atoms with van der Waals surface area (Å²) in [6, 6.07) is 6.21. The zero-order valence-electron chi connectivity index (χ0n) is 17.6. The van der Waals surface area contributed by atoms with E-state index in [2.05, 4.69) is 23.6 Å². The number of nitrogens with zero attached hydrogens (tertiary/aromatic N) is 4. The van der Waals surface area contributed by atoms with E-state index in [-0.39, 0.29) is 5.60 Å². The van der Waals surface area contributed by atoms with Crippen LogP contribution in [0.2, 0.25) is 5.02 Å². The summed E-state index contributed by atoms with van der Waals surface area (Å²) in [5, 5.41) is 7.96. The van der Waals surface area contributed by atoms with Gasteiger partial charge in [-0.15, -0.1) is 0 Å². The van der Waals surface area contributed by atoms with Gasteiger partial charge in [0.2, 0.25) is 0 Å². The molecule has 1 spiro atoms. The van der Waals surface area contributed by atoms with Crippen LogP contribution in [-0.4, -0.2) is 23.1 Å². The Kier molecular flexibility index (Phi) is 5.86. The van der Waals surface area contributed by atoms with Crippen LogP contribution in [0.15, 0.2) is 18.2 Å². The number of benzene rings is 1. The van der Waals surface area contributed by atoms with Gasteiger partial charge >= 0.3 is 0 Å². The number of nitrogens with two attached hydrogens (primary N) is 1. The van der Waals surface area contributed by atoms with E-state index in [4.69, 9.17) is 31.6 Å². The lowest BCUT2D eigenvalue weighted by Crippen LogP contribution is -2.39. The number of aryl methyl sites for hydroxylation is 1. The Labute approximate surface area is 183 Å². The predicted molar refractivity (Wildman–Crippen MR) is 117 cm³/mol. The first-order valence-corrected chi connectivity index (χ1v) is 11.0. The number of hydrogen-bond donors (Lipinski definition) is 1. The third-order valence-electron chi connectivity index (χ3n) is 6.47. The normalized spacial score (nSPS) is 24.5. The second-order valence-electron chi connectivity index (χ2n) is 8.57. The van der Waals surface area contributed by atoms with Crippen LogP contribution >= 0.6 is 11.6 Å². The lowest BCUT2D eigenvalue weighted by Gasteiger charge is -2.39. The Morgan fingerprint density at radius 1 is 1.33 bits per heavy atom. The molecule has 6 nitrogen and oxygen atoms in total. The number of aromatic nitrogens is 2. The third kappa shape index (κ3) is 3.73. The van der Waals surface area contributed by atoms with Gasteiger partial charge in [-0.2, -0.15) is 5.26 Å². The molecule has 158 valence electrons. The first-order chi connectivity index (χ1) is 14.5. The Morgan fingerprint density at radius 2 is 2.13 bits per heavy atom. The minimum atomic E-state index is -0.277. The van der Waals surface area contributed by atoms with Crippen LogP contribution in [0.25, 0.3) is 0 Å². The molecule has 1 saturated heterocycles. The fourth-order valence-electron chi connectivity index (χ4n) is 5.14. The van der Waals surface area contributed by atoms with Crippen LogP contribution in [0.4, 0.5) is 5.82 Å². The predicted octanol–water partition coefficient (Wildman–Crippen LogP) is 4.02. The number of piperidine rings is 1. The van der Waals surface area contributed by atoms with E-state index < -0.39 is 0 Å². The van der Waals surface area contributed by atoms with E-state index in [0.717, 1.165) is 54.7 Å². The van der Waals surface area contributed by atoms with Crippen molar-refractivity contribution in [1.82, 2.24) is 9.97 Å². The van der Waals surface area contributed by atoms with Crippen LogP contribution in [0.5, 0.6) is 0 Å². The summed E-state index contributed by atoms with van der Waals surface area (Å²) in [4.78, 5) is 12.1. The fourth-order valence-corrected chi connectivity index (χ4v) is 5.41. The van der Waals surface area contributed by atoms with Crippen molar-refractivity contribution < 1.29 is 4.74 Å². The maximum Gasteiger partial charge on any atom is 0.173 e. The molecule has 1 aliphatic carbocycles. The highest BCUT2D eigenvalue weighted by atomic mass is 35.5. The number of halogens is 1. The Morgan fingerprint density at radius 3 is 2.90 bits per heavy atom. The highest BCUT2D eigenvalue weighted by molar-refractivity contribution is 6.31. The molecule has 2 unspecified atom stereocenters. The average molecular weight is 426 g/mol. The number of nitriles is 1. The molecule has 7 heteroatoms. The standard InChI is InChI=1S/C22H26ClN3O.CH2N2/c1-14-5-4-10-26(12-14)21-17-13-27-22(11-20(17)24-15(2)25-21)9-8-16-18(22)6-3-7-19(16)23;2-1-3/h3,6-7,14H,4-5,8-13H2,1-2H3;2H2. The molecule has 2 N–H and O–H groups in total. The van der Waals surface area contributed by atoms with E-state index in [1.165, 1.54) is 35.7 Å². The lowest BCUT2D eigenvalue weighted by atomic mass is 9.86. The maximum absolute atomic E-state index is 7.10. The number of hydrogen-bond acceptors (Lipinski definition) is 6. The Hall–Kier alpha value is -2.36. The van der Waals surface area contributed by atoms with Crippen molar-refractivity contribution in [2.24, 2.45) is 11.7 Å². The van der Waals surface area contributed by atoms with Crippen molar-refractivity contribution >= 4 is 17.4 Å². The molecule has 0 radical (unpaired) electrons. The SMILES string of the molecule is Cc1nc2c(c(N3CCCC(C)C3)n1)COC1(CCc3c(Cl)cccc31)C2.N#CN. The van der Waals surface area contributed by atoms with Gasteiger partial charge in [-0.1, -0.05) is 30.7 Å². The van der Waals surface area contributed by atoms with Crippen LogP contribution in [0, 0.1) is 24.3 Å². The number of anilines is 1. The Bertz CT molecular complexity index is 988. The summed E-state index contributed by atoms with van der Waals surface area (Å²) in [7, 11) is 0. The summed E-state index contributed by atoms with van der Waals surface area (Å²) < 4.78 is 6.57. The van der Waals surface area contributed by atoms with Crippen LogP contribution in [-0.2, 0) is 29.8 Å². The van der Waals surface area contributed by atoms with Gasteiger partial charge < -0.3 is 15.4 Å². The van der Waals surface area contributed by atoms with E-state index in [9.17, 15) is 0 Å². The molecule has 3 aliphatic rings. The maximum atomic E-state index is 7.10. The van der Waals surface area contributed by atoms with Crippen molar-refractivity contribution in [3.63, 3.8) is 0 Å². The lowest BCUT2D eigenvalue weighted by molar-refractivity contribution is -0.0729. The topological polar surface area (TPSA) is 88.1 Å². The zero-order chi connectivity index (χ0) is 21.3. The molecule has 3 heterocycles. The summed E-state index contributed by atoms with van der Waals surface area (Å²) in [5.74, 6) is 2.68. The minimum Gasteiger partial charge on any atom is -0.365 e. The summed E-state index contributed by atoms with van der Waals surface area (Å²) in [5.41, 5.74) is 8.73.